The molecule has 2 aromatic rings. The van der Waals surface area contributed by atoms with E-state index in [-0.39, 0.29) is 5.91 Å². The fourth-order valence-electron chi connectivity index (χ4n) is 1.93. The number of aryl methyl sites for hydroxylation is 1. The molecule has 1 N–H and O–H groups in total. The molecule has 116 valence electrons. The first-order chi connectivity index (χ1) is 10.5. The third-order valence-electron chi connectivity index (χ3n) is 3.13. The van der Waals surface area contributed by atoms with E-state index in [1.165, 1.54) is 12.7 Å². The van der Waals surface area contributed by atoms with E-state index in [1.54, 1.807) is 19.2 Å². The lowest BCUT2D eigenvalue weighted by molar-refractivity contribution is 0.102. The van der Waals surface area contributed by atoms with Gasteiger partial charge in [-0.1, -0.05) is 6.07 Å². The van der Waals surface area contributed by atoms with Gasteiger partial charge in [0.25, 0.3) is 5.91 Å². The number of nitrogens with one attached hydrogen (secondary N) is 1. The molecule has 6 heteroatoms. The summed E-state index contributed by atoms with van der Waals surface area (Å²) in [4.78, 5) is 12.5. The second-order valence-electron chi connectivity index (χ2n) is 4.61. The second-order valence-corrected chi connectivity index (χ2v) is 6.62. The van der Waals surface area contributed by atoms with Gasteiger partial charge in [-0.05, 0) is 75.3 Å². The van der Waals surface area contributed by atoms with Crippen molar-refractivity contribution in [3.8, 4) is 11.5 Å². The van der Waals surface area contributed by atoms with Crippen LogP contribution in [-0.4, -0.2) is 20.1 Å². The van der Waals surface area contributed by atoms with Gasteiger partial charge in [0.15, 0.2) is 0 Å². The van der Waals surface area contributed by atoms with Gasteiger partial charge in [-0.3, -0.25) is 4.79 Å². The summed E-state index contributed by atoms with van der Waals surface area (Å²) >= 11 is 5.63. The molecule has 0 radical (unpaired) electrons. The number of hydrogen-bond donors (Lipinski definition) is 1. The highest BCUT2D eigenvalue weighted by Gasteiger charge is 2.17. The molecule has 0 atom stereocenters. The molecule has 0 unspecified atom stereocenters. The number of anilines is 1. The molecule has 0 saturated carbocycles. The summed E-state index contributed by atoms with van der Waals surface area (Å²) in [5, 5.41) is 2.88. The molecule has 2 rings (SSSR count). The Morgan fingerprint density at radius 1 is 1.18 bits per heavy atom. The fraction of sp³-hybridized carbons (Fsp3) is 0.188. The van der Waals surface area contributed by atoms with Crippen molar-refractivity contribution in [3.63, 3.8) is 0 Å². The van der Waals surface area contributed by atoms with Crippen molar-refractivity contribution in [2.45, 2.75) is 6.92 Å². The summed E-state index contributed by atoms with van der Waals surface area (Å²) in [5.74, 6) is 0.799. The molecule has 0 bridgehead atoms. The molecule has 0 aliphatic rings. The molecule has 4 nitrogen and oxygen atoms in total. The van der Waals surface area contributed by atoms with Crippen molar-refractivity contribution in [1.82, 2.24) is 0 Å². The third-order valence-corrected chi connectivity index (χ3v) is 4.88. The van der Waals surface area contributed by atoms with Gasteiger partial charge in [-0.15, -0.1) is 0 Å². The molecule has 1 amide bonds. The van der Waals surface area contributed by atoms with E-state index < -0.39 is 0 Å². The third kappa shape index (κ3) is 3.73. The first kappa shape index (κ1) is 17.1. The Morgan fingerprint density at radius 3 is 2.50 bits per heavy atom. The topological polar surface area (TPSA) is 47.6 Å². The number of ether oxygens (including phenoxy) is 2. The maximum atomic E-state index is 12.5. The number of carbonyl (C=O) groups is 1. The molecule has 0 spiro atoms. The highest BCUT2D eigenvalue weighted by atomic mass is 127. The molecule has 22 heavy (non-hydrogen) atoms. The van der Waals surface area contributed by atoms with Gasteiger partial charge in [-0.25, -0.2) is 0 Å². The van der Waals surface area contributed by atoms with Crippen molar-refractivity contribution in [1.29, 1.82) is 0 Å². The fourth-order valence-corrected chi connectivity index (χ4v) is 3.05. The van der Waals surface area contributed by atoms with E-state index in [0.29, 0.717) is 21.5 Å². The van der Waals surface area contributed by atoms with Gasteiger partial charge in [0, 0.05) is 9.26 Å². The van der Waals surface area contributed by atoms with Crippen LogP contribution in [0.5, 0.6) is 11.5 Å². The summed E-state index contributed by atoms with van der Waals surface area (Å²) in [6.07, 6.45) is 0. The van der Waals surface area contributed by atoms with Gasteiger partial charge in [-0.2, -0.15) is 0 Å². The lowest BCUT2D eigenvalue weighted by Crippen LogP contribution is -2.14. The molecule has 0 aromatic heterocycles. The van der Waals surface area contributed by atoms with E-state index in [1.807, 2.05) is 25.1 Å². The first-order valence-electron chi connectivity index (χ1n) is 6.45. The molecule has 2 aromatic carbocycles. The van der Waals surface area contributed by atoms with E-state index in [9.17, 15) is 4.79 Å². The molecular weight excluding hydrogens is 461 g/mol. The quantitative estimate of drug-likeness (QED) is 0.655. The van der Waals surface area contributed by atoms with Crippen LogP contribution < -0.4 is 14.8 Å². The Labute approximate surface area is 151 Å². The minimum absolute atomic E-state index is 0.254. The second kappa shape index (κ2) is 7.32. The Morgan fingerprint density at radius 2 is 1.91 bits per heavy atom. The summed E-state index contributed by atoms with van der Waals surface area (Å²) in [7, 11) is 3.08. The zero-order chi connectivity index (χ0) is 16.3. The standard InChI is InChI=1S/C16H15BrINO3/c1-9-4-5-10(6-14(9)18)19-16(20)12-7-11(21-2)8-13(17)15(12)22-3/h4-8H,1-3H3,(H,19,20). The molecule has 0 saturated heterocycles. The van der Waals surface area contributed by atoms with Crippen LogP contribution in [0.3, 0.4) is 0 Å². The van der Waals surface area contributed by atoms with Crippen LogP contribution in [0, 0.1) is 10.5 Å². The first-order valence-corrected chi connectivity index (χ1v) is 8.32. The van der Waals surface area contributed by atoms with Crippen LogP contribution in [0.25, 0.3) is 0 Å². The van der Waals surface area contributed by atoms with Crippen molar-refractivity contribution in [2.24, 2.45) is 0 Å². The van der Waals surface area contributed by atoms with E-state index in [0.717, 1.165) is 9.26 Å². The SMILES string of the molecule is COc1cc(Br)c(OC)c(C(=O)Nc2ccc(C)c(I)c2)c1. The van der Waals surface area contributed by atoms with Crippen LogP contribution in [-0.2, 0) is 0 Å². The Kier molecular flexibility index (Phi) is 5.69. The molecule has 0 fully saturated rings. The molecule has 0 aliphatic carbocycles. The molecular formula is C16H15BrINO3. The zero-order valence-electron chi connectivity index (χ0n) is 12.4. The van der Waals surface area contributed by atoms with Gasteiger partial charge in [0.2, 0.25) is 0 Å². The summed E-state index contributed by atoms with van der Waals surface area (Å²) in [6.45, 7) is 2.02. The lowest BCUT2D eigenvalue weighted by atomic mass is 10.1. The summed E-state index contributed by atoms with van der Waals surface area (Å²) in [5.41, 5.74) is 2.31. The zero-order valence-corrected chi connectivity index (χ0v) is 16.1. The number of methoxy groups -OCH3 is 2. The average molecular weight is 476 g/mol. The Balaban J connectivity index is 2.36. The van der Waals surface area contributed by atoms with Crippen LogP contribution in [0.1, 0.15) is 15.9 Å². The van der Waals surface area contributed by atoms with Crippen LogP contribution >= 0.6 is 38.5 Å². The Bertz CT molecular complexity index is 719. The number of halogens is 2. The average Bonchev–Trinajstić information content (AvgIpc) is 2.50. The van der Waals surface area contributed by atoms with E-state index in [2.05, 4.69) is 43.8 Å². The molecule has 0 heterocycles. The van der Waals surface area contributed by atoms with Crippen LogP contribution in [0.2, 0.25) is 0 Å². The van der Waals surface area contributed by atoms with Crippen molar-refractivity contribution in [2.75, 3.05) is 19.5 Å². The predicted octanol–water partition coefficient (Wildman–Crippen LogP) is 4.63. The van der Waals surface area contributed by atoms with Gasteiger partial charge in [0.05, 0.1) is 24.3 Å². The summed E-state index contributed by atoms with van der Waals surface area (Å²) < 4.78 is 12.3. The number of hydrogen-bond acceptors (Lipinski definition) is 3. The monoisotopic (exact) mass is 475 g/mol. The molecule has 0 aliphatic heterocycles. The minimum atomic E-state index is -0.254. The van der Waals surface area contributed by atoms with Crippen LogP contribution in [0.4, 0.5) is 5.69 Å². The maximum absolute atomic E-state index is 12.5. The number of carbonyl (C=O) groups excluding carboxylic acids is 1. The highest BCUT2D eigenvalue weighted by molar-refractivity contribution is 14.1. The summed E-state index contributed by atoms with van der Waals surface area (Å²) in [6, 6.07) is 9.17. The van der Waals surface area contributed by atoms with E-state index >= 15 is 0 Å². The van der Waals surface area contributed by atoms with Gasteiger partial charge in [0.1, 0.15) is 11.5 Å². The maximum Gasteiger partial charge on any atom is 0.259 e. The van der Waals surface area contributed by atoms with Crippen LogP contribution in [0.15, 0.2) is 34.8 Å². The largest absolute Gasteiger partial charge is 0.497 e. The predicted molar refractivity (Wildman–Crippen MR) is 99.1 cm³/mol. The van der Waals surface area contributed by atoms with Crippen molar-refractivity contribution < 1.29 is 14.3 Å². The highest BCUT2D eigenvalue weighted by Crippen LogP contribution is 2.34. The lowest BCUT2D eigenvalue weighted by Gasteiger charge is -2.13. The number of benzene rings is 2. The normalized spacial score (nSPS) is 10.2. The van der Waals surface area contributed by atoms with Gasteiger partial charge >= 0.3 is 0 Å². The number of amides is 1. The minimum Gasteiger partial charge on any atom is -0.497 e. The Hall–Kier alpha value is -1.28. The van der Waals surface area contributed by atoms with E-state index in [4.69, 9.17) is 9.47 Å². The van der Waals surface area contributed by atoms with Gasteiger partial charge < -0.3 is 14.8 Å². The number of rotatable bonds is 4. The van der Waals surface area contributed by atoms with Crippen molar-refractivity contribution >= 4 is 50.1 Å². The van der Waals surface area contributed by atoms with Crippen molar-refractivity contribution in [3.05, 3.63) is 49.5 Å². The smallest absolute Gasteiger partial charge is 0.259 e.